The number of ether oxygens (including phenoxy) is 1. The highest BCUT2D eigenvalue weighted by atomic mass is 16.5. The van der Waals surface area contributed by atoms with Crippen LogP contribution < -0.4 is 16.0 Å². The van der Waals surface area contributed by atoms with E-state index in [0.29, 0.717) is 29.5 Å². The third kappa shape index (κ3) is 6.13. The maximum atomic E-state index is 12.1. The molecule has 0 unspecified atom stereocenters. The number of aromatic nitrogens is 2. The molecule has 8 heteroatoms. The molecule has 0 bridgehead atoms. The third-order valence-corrected chi connectivity index (χ3v) is 5.32. The van der Waals surface area contributed by atoms with Gasteiger partial charge < -0.3 is 20.7 Å². The van der Waals surface area contributed by atoms with E-state index < -0.39 is 0 Å². The summed E-state index contributed by atoms with van der Waals surface area (Å²) in [5.41, 5.74) is 4.45. The lowest BCUT2D eigenvalue weighted by Gasteiger charge is -2.10. The van der Waals surface area contributed by atoms with E-state index in [1.54, 1.807) is 31.5 Å². The van der Waals surface area contributed by atoms with Gasteiger partial charge in [0.1, 0.15) is 6.07 Å². The van der Waals surface area contributed by atoms with E-state index in [-0.39, 0.29) is 11.8 Å². The number of anilines is 3. The fraction of sp³-hybridized carbons (Fsp3) is 0.280. The van der Waals surface area contributed by atoms with Gasteiger partial charge in [-0.05, 0) is 48.7 Å². The summed E-state index contributed by atoms with van der Waals surface area (Å²) in [4.78, 5) is 21.0. The van der Waals surface area contributed by atoms with Crippen molar-refractivity contribution in [2.24, 2.45) is 5.92 Å². The highest BCUT2D eigenvalue weighted by Crippen LogP contribution is 2.31. The van der Waals surface area contributed by atoms with Gasteiger partial charge in [-0.3, -0.25) is 4.79 Å². The lowest BCUT2D eigenvalue weighted by Crippen LogP contribution is -2.18. The fourth-order valence-corrected chi connectivity index (χ4v) is 3.31. The van der Waals surface area contributed by atoms with Crippen molar-refractivity contribution in [1.82, 2.24) is 15.3 Å². The van der Waals surface area contributed by atoms with Crippen LogP contribution in [0.15, 0.2) is 54.7 Å². The smallest absolute Gasteiger partial charge is 0.227 e. The Morgan fingerprint density at radius 2 is 2.00 bits per heavy atom. The SMILES string of the molecule is COCCNCc1ccc(Nc2nccc(-c3ccc(NC(=O)C4CC4)c(C#N)c3)n2)cc1. The Balaban J connectivity index is 1.43. The molecule has 0 atom stereocenters. The Morgan fingerprint density at radius 3 is 2.73 bits per heavy atom. The number of carbonyl (C=O) groups is 1. The summed E-state index contributed by atoms with van der Waals surface area (Å²) in [5.74, 6) is 0.514. The van der Waals surface area contributed by atoms with Crippen molar-refractivity contribution >= 4 is 23.2 Å². The Bertz CT molecular complexity index is 1150. The summed E-state index contributed by atoms with van der Waals surface area (Å²) in [7, 11) is 1.69. The van der Waals surface area contributed by atoms with Crippen LogP contribution in [0.4, 0.5) is 17.3 Å². The van der Waals surface area contributed by atoms with Gasteiger partial charge in [-0.2, -0.15) is 5.26 Å². The maximum Gasteiger partial charge on any atom is 0.227 e. The number of benzene rings is 2. The van der Waals surface area contributed by atoms with Gasteiger partial charge in [-0.25, -0.2) is 9.97 Å². The van der Waals surface area contributed by atoms with E-state index in [1.807, 2.05) is 30.3 Å². The van der Waals surface area contributed by atoms with E-state index in [2.05, 4.69) is 32.0 Å². The van der Waals surface area contributed by atoms with E-state index >= 15 is 0 Å². The summed E-state index contributed by atoms with van der Waals surface area (Å²) < 4.78 is 5.03. The molecule has 0 saturated heterocycles. The van der Waals surface area contributed by atoms with Crippen LogP contribution in [0.5, 0.6) is 0 Å². The highest BCUT2D eigenvalue weighted by molar-refractivity contribution is 5.95. The molecule has 1 heterocycles. The Hall–Kier alpha value is -3.80. The molecular formula is C25H26N6O2. The molecular weight excluding hydrogens is 416 g/mol. The van der Waals surface area contributed by atoms with Crippen LogP contribution in [0, 0.1) is 17.2 Å². The lowest BCUT2D eigenvalue weighted by atomic mass is 10.1. The molecule has 1 aliphatic carbocycles. The zero-order valence-electron chi connectivity index (χ0n) is 18.5. The Labute approximate surface area is 193 Å². The third-order valence-electron chi connectivity index (χ3n) is 5.32. The average Bonchev–Trinajstić information content (AvgIpc) is 3.69. The molecule has 1 amide bonds. The van der Waals surface area contributed by atoms with E-state index in [1.165, 1.54) is 5.56 Å². The normalized spacial score (nSPS) is 12.7. The van der Waals surface area contributed by atoms with E-state index in [4.69, 9.17) is 4.74 Å². The van der Waals surface area contributed by atoms with Crippen LogP contribution in [-0.4, -0.2) is 36.1 Å². The number of hydrogen-bond donors (Lipinski definition) is 3. The zero-order valence-corrected chi connectivity index (χ0v) is 18.5. The van der Waals surface area contributed by atoms with Crippen molar-refractivity contribution in [2.45, 2.75) is 19.4 Å². The van der Waals surface area contributed by atoms with Crippen LogP contribution in [0.1, 0.15) is 24.0 Å². The number of nitrogens with zero attached hydrogens (tertiary/aromatic N) is 3. The number of nitriles is 1. The standard InChI is InChI=1S/C25H26N6O2/c1-33-13-12-27-16-17-2-7-21(8-3-17)29-25-28-11-10-23(31-25)19-6-9-22(20(14-19)15-26)30-24(32)18-4-5-18/h2-3,6-11,14,18,27H,4-5,12-13,16H2,1H3,(H,30,32)(H,28,29,31). The molecule has 3 N–H and O–H groups in total. The number of rotatable bonds is 10. The zero-order chi connectivity index (χ0) is 23.0. The molecule has 4 rings (SSSR count). The highest BCUT2D eigenvalue weighted by Gasteiger charge is 2.30. The molecule has 1 aromatic heterocycles. The van der Waals surface area contributed by atoms with Crippen LogP contribution in [-0.2, 0) is 16.1 Å². The van der Waals surface area contributed by atoms with Gasteiger partial charge in [-0.15, -0.1) is 0 Å². The van der Waals surface area contributed by atoms with E-state index in [0.717, 1.165) is 37.2 Å². The first-order chi connectivity index (χ1) is 16.2. The van der Waals surface area contributed by atoms with Gasteiger partial charge >= 0.3 is 0 Å². The minimum Gasteiger partial charge on any atom is -0.383 e. The minimum absolute atomic E-state index is 0.0236. The topological polar surface area (TPSA) is 112 Å². The fourth-order valence-electron chi connectivity index (χ4n) is 3.31. The molecule has 1 aliphatic rings. The van der Waals surface area contributed by atoms with Crippen molar-refractivity contribution < 1.29 is 9.53 Å². The summed E-state index contributed by atoms with van der Waals surface area (Å²) in [6.07, 6.45) is 3.50. The van der Waals surface area contributed by atoms with Crippen molar-refractivity contribution in [1.29, 1.82) is 5.26 Å². The van der Waals surface area contributed by atoms with Crippen LogP contribution in [0.2, 0.25) is 0 Å². The quantitative estimate of drug-likeness (QED) is 0.409. The van der Waals surface area contributed by atoms with Crippen LogP contribution in [0.3, 0.4) is 0 Å². The van der Waals surface area contributed by atoms with Crippen LogP contribution >= 0.6 is 0 Å². The van der Waals surface area contributed by atoms with Crippen molar-refractivity contribution in [3.63, 3.8) is 0 Å². The maximum absolute atomic E-state index is 12.1. The summed E-state index contributed by atoms with van der Waals surface area (Å²) in [5, 5.41) is 18.9. The molecule has 33 heavy (non-hydrogen) atoms. The lowest BCUT2D eigenvalue weighted by molar-refractivity contribution is -0.117. The number of amides is 1. The molecule has 0 radical (unpaired) electrons. The molecule has 168 valence electrons. The minimum atomic E-state index is -0.0236. The molecule has 8 nitrogen and oxygen atoms in total. The second kappa shape index (κ2) is 10.7. The van der Waals surface area contributed by atoms with Gasteiger partial charge in [0.15, 0.2) is 0 Å². The largest absolute Gasteiger partial charge is 0.383 e. The molecule has 1 fully saturated rings. The van der Waals surface area contributed by atoms with Crippen molar-refractivity contribution in [2.75, 3.05) is 30.9 Å². The number of methoxy groups -OCH3 is 1. The first-order valence-electron chi connectivity index (χ1n) is 10.9. The molecule has 0 spiro atoms. The first-order valence-corrected chi connectivity index (χ1v) is 10.9. The molecule has 2 aromatic carbocycles. The summed E-state index contributed by atoms with van der Waals surface area (Å²) in [6, 6.07) is 17.3. The molecule has 1 saturated carbocycles. The Morgan fingerprint density at radius 1 is 1.18 bits per heavy atom. The number of carbonyl (C=O) groups excluding carboxylic acids is 1. The van der Waals surface area contributed by atoms with Gasteiger partial charge in [0, 0.05) is 43.6 Å². The van der Waals surface area contributed by atoms with E-state index in [9.17, 15) is 10.1 Å². The molecule has 0 aliphatic heterocycles. The van der Waals surface area contributed by atoms with Gasteiger partial charge in [-0.1, -0.05) is 18.2 Å². The van der Waals surface area contributed by atoms with Crippen LogP contribution in [0.25, 0.3) is 11.3 Å². The van der Waals surface area contributed by atoms with Gasteiger partial charge in [0.05, 0.1) is 23.6 Å². The van der Waals surface area contributed by atoms with Gasteiger partial charge in [0.25, 0.3) is 0 Å². The number of hydrogen-bond acceptors (Lipinski definition) is 7. The predicted octanol–water partition coefficient (Wildman–Crippen LogP) is 3.84. The predicted molar refractivity (Wildman–Crippen MR) is 127 cm³/mol. The van der Waals surface area contributed by atoms with Crippen molar-refractivity contribution in [3.8, 4) is 17.3 Å². The second-order valence-corrected chi connectivity index (χ2v) is 7.89. The van der Waals surface area contributed by atoms with Gasteiger partial charge in [0.2, 0.25) is 11.9 Å². The first kappa shape index (κ1) is 22.4. The monoisotopic (exact) mass is 442 g/mol. The number of nitrogens with one attached hydrogen (secondary N) is 3. The summed E-state index contributed by atoms with van der Waals surface area (Å²) >= 11 is 0. The Kier molecular flexibility index (Phi) is 7.25. The summed E-state index contributed by atoms with van der Waals surface area (Å²) in [6.45, 7) is 2.26. The second-order valence-electron chi connectivity index (χ2n) is 7.89. The van der Waals surface area contributed by atoms with Crippen molar-refractivity contribution in [3.05, 3.63) is 65.9 Å². The molecule has 3 aromatic rings. The average molecular weight is 443 g/mol.